The van der Waals surface area contributed by atoms with Crippen LogP contribution < -0.4 is 4.74 Å². The van der Waals surface area contributed by atoms with Crippen LogP contribution in [-0.4, -0.2) is 52.8 Å². The number of ether oxygens (including phenoxy) is 1. The summed E-state index contributed by atoms with van der Waals surface area (Å²) in [6.45, 7) is 2.15. The highest BCUT2D eigenvalue weighted by atomic mass is 16.5. The van der Waals surface area contributed by atoms with Crippen LogP contribution in [0.2, 0.25) is 0 Å². The average molecular weight is 418 g/mol. The molecule has 4 rings (SSSR count). The lowest BCUT2D eigenvalue weighted by Crippen LogP contribution is -2.33. The second kappa shape index (κ2) is 9.16. The van der Waals surface area contributed by atoms with Gasteiger partial charge in [0, 0.05) is 7.05 Å². The van der Waals surface area contributed by atoms with Gasteiger partial charge < -0.3 is 9.64 Å². The summed E-state index contributed by atoms with van der Waals surface area (Å²) in [6.07, 6.45) is 3.12. The Kier molecular flexibility index (Phi) is 5.97. The van der Waals surface area contributed by atoms with E-state index in [1.54, 1.807) is 23.0 Å². The predicted molar refractivity (Wildman–Crippen MR) is 111 cm³/mol. The minimum atomic E-state index is -0.124. The van der Waals surface area contributed by atoms with Gasteiger partial charge in [0.25, 0.3) is 0 Å². The molecule has 0 bridgehead atoms. The highest BCUT2D eigenvalue weighted by Gasteiger charge is 2.19. The van der Waals surface area contributed by atoms with Crippen LogP contribution in [0.4, 0.5) is 0 Å². The average Bonchev–Trinajstić information content (AvgIpc) is 3.50. The van der Waals surface area contributed by atoms with Crippen LogP contribution in [0.1, 0.15) is 24.4 Å². The van der Waals surface area contributed by atoms with E-state index < -0.39 is 0 Å². The first-order valence-electron chi connectivity index (χ1n) is 9.75. The summed E-state index contributed by atoms with van der Waals surface area (Å²) in [5.41, 5.74) is 1.91. The first-order chi connectivity index (χ1) is 15.1. The molecule has 2 heterocycles. The van der Waals surface area contributed by atoms with E-state index in [1.165, 1.54) is 11.1 Å². The van der Waals surface area contributed by atoms with Crippen molar-refractivity contribution in [3.8, 4) is 11.4 Å². The molecule has 0 N–H and O–H groups in total. The minimum absolute atomic E-state index is 0.00375. The first-order valence-corrected chi connectivity index (χ1v) is 9.75. The molecule has 4 aromatic rings. The molecule has 1 atom stereocenters. The van der Waals surface area contributed by atoms with E-state index in [0.29, 0.717) is 5.82 Å². The molecule has 0 radical (unpaired) electrons. The Morgan fingerprint density at radius 3 is 2.61 bits per heavy atom. The van der Waals surface area contributed by atoms with Crippen LogP contribution >= 0.6 is 0 Å². The van der Waals surface area contributed by atoms with E-state index in [-0.39, 0.29) is 25.1 Å². The van der Waals surface area contributed by atoms with Crippen LogP contribution in [-0.2, 0) is 17.9 Å². The maximum absolute atomic E-state index is 12.7. The summed E-state index contributed by atoms with van der Waals surface area (Å²) >= 11 is 0. The third-order valence-corrected chi connectivity index (χ3v) is 4.92. The van der Waals surface area contributed by atoms with Crippen LogP contribution in [0.3, 0.4) is 0 Å². The van der Waals surface area contributed by atoms with Gasteiger partial charge in [-0.1, -0.05) is 30.3 Å². The molecule has 10 nitrogen and oxygen atoms in total. The lowest BCUT2D eigenvalue weighted by atomic mass is 10.1. The van der Waals surface area contributed by atoms with Gasteiger partial charge in [-0.15, -0.1) is 10.2 Å². The minimum Gasteiger partial charge on any atom is -0.485 e. The molecule has 2 aromatic heterocycles. The second-order valence-electron chi connectivity index (χ2n) is 6.95. The van der Waals surface area contributed by atoms with Crippen LogP contribution in [0, 0.1) is 0 Å². The molecule has 31 heavy (non-hydrogen) atoms. The third-order valence-electron chi connectivity index (χ3n) is 4.92. The van der Waals surface area contributed by atoms with E-state index in [4.69, 9.17) is 4.74 Å². The molecule has 0 aliphatic rings. The van der Waals surface area contributed by atoms with E-state index in [9.17, 15) is 4.79 Å². The summed E-state index contributed by atoms with van der Waals surface area (Å²) in [4.78, 5) is 19.6. The Balaban J connectivity index is 1.33. The van der Waals surface area contributed by atoms with Gasteiger partial charge in [-0.25, -0.2) is 9.67 Å². The summed E-state index contributed by atoms with van der Waals surface area (Å²) in [6, 6.07) is 17.1. The van der Waals surface area contributed by atoms with Gasteiger partial charge in [-0.3, -0.25) is 4.79 Å². The fourth-order valence-corrected chi connectivity index (χ4v) is 2.99. The monoisotopic (exact) mass is 418 g/mol. The van der Waals surface area contributed by atoms with Gasteiger partial charge in [-0.05, 0) is 42.0 Å². The van der Waals surface area contributed by atoms with Crippen molar-refractivity contribution in [1.29, 1.82) is 0 Å². The molecule has 0 unspecified atom stereocenters. The van der Waals surface area contributed by atoms with E-state index in [1.807, 2.05) is 61.5 Å². The number of aromatic nitrogens is 7. The lowest BCUT2D eigenvalue weighted by Gasteiger charge is -2.25. The Labute approximate surface area is 179 Å². The van der Waals surface area contributed by atoms with E-state index >= 15 is 0 Å². The SMILES string of the molecule is C[C@@H](c1ccc(-n2cncn2)cc1)N(C)C(=O)Cn1nnc(COc2ccccc2)n1. The normalized spacial score (nSPS) is 11.8. The molecule has 0 aliphatic heterocycles. The smallest absolute Gasteiger partial charge is 0.246 e. The molecule has 158 valence electrons. The molecule has 0 aliphatic carbocycles. The van der Waals surface area contributed by atoms with Crippen molar-refractivity contribution in [2.45, 2.75) is 26.1 Å². The zero-order valence-corrected chi connectivity index (χ0v) is 17.2. The van der Waals surface area contributed by atoms with Gasteiger partial charge >= 0.3 is 0 Å². The molecule has 0 saturated carbocycles. The summed E-state index contributed by atoms with van der Waals surface area (Å²) in [5, 5.41) is 16.2. The number of benzene rings is 2. The Hall–Kier alpha value is -4.08. The highest BCUT2D eigenvalue weighted by Crippen LogP contribution is 2.20. The molecule has 10 heteroatoms. The topological polar surface area (TPSA) is 104 Å². The van der Waals surface area contributed by atoms with Crippen molar-refractivity contribution >= 4 is 5.91 Å². The summed E-state index contributed by atoms with van der Waals surface area (Å²) in [5.74, 6) is 1.01. The molecule has 0 fully saturated rings. The van der Waals surface area contributed by atoms with Gasteiger partial charge in [0.05, 0.1) is 11.7 Å². The Morgan fingerprint density at radius 2 is 1.90 bits per heavy atom. The number of hydrogen-bond acceptors (Lipinski definition) is 7. The molecule has 0 saturated heterocycles. The zero-order valence-electron chi connectivity index (χ0n) is 17.2. The van der Waals surface area contributed by atoms with Crippen molar-refractivity contribution in [2.75, 3.05) is 7.05 Å². The van der Waals surface area contributed by atoms with Crippen molar-refractivity contribution in [2.24, 2.45) is 0 Å². The van der Waals surface area contributed by atoms with Gasteiger partial charge in [-0.2, -0.15) is 9.90 Å². The maximum Gasteiger partial charge on any atom is 0.246 e. The molecule has 2 aromatic carbocycles. The van der Waals surface area contributed by atoms with Gasteiger partial charge in [0.15, 0.2) is 6.61 Å². The van der Waals surface area contributed by atoms with Gasteiger partial charge in [0.1, 0.15) is 24.9 Å². The standard InChI is InChI=1S/C21H22N8O2/c1-16(17-8-10-18(11-9-17)28-15-22-14-23-28)27(2)21(30)12-29-25-20(24-26-29)13-31-19-6-4-3-5-7-19/h3-11,14-16H,12-13H2,1-2H3/t16-/m0/s1. The highest BCUT2D eigenvalue weighted by molar-refractivity contribution is 5.76. The fourth-order valence-electron chi connectivity index (χ4n) is 2.99. The fraction of sp³-hybridized carbons (Fsp3) is 0.238. The zero-order chi connectivity index (χ0) is 21.6. The van der Waals surface area contributed by atoms with Crippen molar-refractivity contribution in [3.63, 3.8) is 0 Å². The lowest BCUT2D eigenvalue weighted by molar-refractivity contribution is -0.132. The van der Waals surface area contributed by atoms with Gasteiger partial charge in [0.2, 0.25) is 11.7 Å². The van der Waals surface area contributed by atoms with Crippen molar-refractivity contribution in [1.82, 2.24) is 39.9 Å². The quantitative estimate of drug-likeness (QED) is 0.431. The van der Waals surface area contributed by atoms with Crippen LogP contribution in [0.25, 0.3) is 5.69 Å². The van der Waals surface area contributed by atoms with E-state index in [2.05, 4.69) is 25.5 Å². The Morgan fingerprint density at radius 1 is 1.13 bits per heavy atom. The maximum atomic E-state index is 12.7. The summed E-state index contributed by atoms with van der Waals surface area (Å²) in [7, 11) is 1.76. The molecular weight excluding hydrogens is 396 g/mol. The Bertz CT molecular complexity index is 1110. The number of rotatable bonds is 8. The van der Waals surface area contributed by atoms with E-state index in [0.717, 1.165) is 17.0 Å². The number of likely N-dealkylation sites (N-methyl/N-ethyl adjacent to an activating group) is 1. The number of para-hydroxylation sites is 1. The second-order valence-corrected chi connectivity index (χ2v) is 6.95. The third kappa shape index (κ3) is 4.92. The number of tetrazole rings is 1. The summed E-state index contributed by atoms with van der Waals surface area (Å²) < 4.78 is 7.29. The molecule has 1 amide bonds. The largest absolute Gasteiger partial charge is 0.485 e. The van der Waals surface area contributed by atoms with Crippen LogP contribution in [0.5, 0.6) is 5.75 Å². The van der Waals surface area contributed by atoms with Crippen molar-refractivity contribution < 1.29 is 9.53 Å². The molecular formula is C21H22N8O2. The number of carbonyl (C=O) groups excluding carboxylic acids is 1. The molecule has 0 spiro atoms. The number of amides is 1. The number of carbonyl (C=O) groups is 1. The predicted octanol–water partition coefficient (Wildman–Crippen LogP) is 2.05. The number of nitrogens with zero attached hydrogens (tertiary/aromatic N) is 8. The first kappa shape index (κ1) is 20.2. The van der Waals surface area contributed by atoms with Crippen molar-refractivity contribution in [3.05, 3.63) is 78.6 Å². The number of hydrogen-bond donors (Lipinski definition) is 0. The van der Waals surface area contributed by atoms with Crippen LogP contribution in [0.15, 0.2) is 67.3 Å².